The number of hydrogen-bond acceptors (Lipinski definition) is 7. The molecule has 0 aliphatic carbocycles. The highest BCUT2D eigenvalue weighted by Gasteiger charge is 2.21. The largest absolute Gasteiger partial charge is 0.467 e. The second kappa shape index (κ2) is 10.9. The van der Waals surface area contributed by atoms with Crippen molar-refractivity contribution >= 4 is 40.2 Å². The van der Waals surface area contributed by atoms with E-state index in [0.29, 0.717) is 21.9 Å². The molecule has 0 fully saturated rings. The van der Waals surface area contributed by atoms with Crippen LogP contribution >= 0.6 is 11.3 Å². The third-order valence-corrected chi connectivity index (χ3v) is 6.32. The minimum Gasteiger partial charge on any atom is -0.467 e. The molecule has 36 heavy (non-hydrogen) atoms. The van der Waals surface area contributed by atoms with Crippen LogP contribution in [0.4, 0.5) is 17.1 Å². The first-order chi connectivity index (χ1) is 17.3. The minimum atomic E-state index is -0.514. The zero-order valence-electron chi connectivity index (χ0n) is 19.7. The Morgan fingerprint density at radius 3 is 2.42 bits per heavy atom. The van der Waals surface area contributed by atoms with Crippen LogP contribution in [0.1, 0.15) is 31.4 Å². The van der Waals surface area contributed by atoms with E-state index in [4.69, 9.17) is 4.42 Å². The van der Waals surface area contributed by atoms with Gasteiger partial charge in [0.2, 0.25) is 0 Å². The highest BCUT2D eigenvalue weighted by atomic mass is 32.1. The van der Waals surface area contributed by atoms with E-state index in [1.807, 2.05) is 48.6 Å². The number of carbonyl (C=O) groups is 2. The second-order valence-electron chi connectivity index (χ2n) is 8.21. The van der Waals surface area contributed by atoms with Crippen molar-refractivity contribution in [2.75, 3.05) is 24.3 Å². The van der Waals surface area contributed by atoms with Gasteiger partial charge in [0.1, 0.15) is 5.76 Å². The Morgan fingerprint density at radius 2 is 1.81 bits per heavy atom. The van der Waals surface area contributed by atoms with E-state index in [-0.39, 0.29) is 24.7 Å². The first-order valence-corrected chi connectivity index (χ1v) is 11.9. The third-order valence-electron chi connectivity index (χ3n) is 5.47. The number of nitrogens with one attached hydrogen (secondary N) is 1. The number of thiophene rings is 1. The molecule has 0 aliphatic rings. The highest BCUT2D eigenvalue weighted by molar-refractivity contribution is 7.12. The van der Waals surface area contributed by atoms with Crippen molar-refractivity contribution in [2.45, 2.75) is 13.1 Å². The maximum atomic E-state index is 13.3. The second-order valence-corrected chi connectivity index (χ2v) is 9.16. The Balaban J connectivity index is 1.60. The number of nitrogens with zero attached hydrogens (tertiary/aromatic N) is 3. The molecule has 0 saturated heterocycles. The lowest BCUT2D eigenvalue weighted by molar-refractivity contribution is -0.384. The summed E-state index contributed by atoms with van der Waals surface area (Å²) >= 11 is 1.37. The molecule has 2 heterocycles. The lowest BCUT2D eigenvalue weighted by atomic mass is 10.1. The summed E-state index contributed by atoms with van der Waals surface area (Å²) in [5.74, 6) is 0.149. The summed E-state index contributed by atoms with van der Waals surface area (Å²) in [6.45, 7) is 0.572. The Morgan fingerprint density at radius 1 is 1.03 bits per heavy atom. The summed E-state index contributed by atoms with van der Waals surface area (Å²) in [4.78, 5) is 40.7. The van der Waals surface area contributed by atoms with Crippen molar-refractivity contribution in [2.24, 2.45) is 0 Å². The molecule has 0 aliphatic heterocycles. The van der Waals surface area contributed by atoms with Gasteiger partial charge in [0, 0.05) is 49.7 Å². The maximum absolute atomic E-state index is 13.3. The zero-order valence-corrected chi connectivity index (χ0v) is 20.5. The molecular weight excluding hydrogens is 480 g/mol. The molecule has 10 heteroatoms. The molecule has 0 unspecified atom stereocenters. The van der Waals surface area contributed by atoms with Crippen molar-refractivity contribution < 1.29 is 18.9 Å². The van der Waals surface area contributed by atoms with Crippen LogP contribution in [-0.2, 0) is 13.1 Å². The van der Waals surface area contributed by atoms with Gasteiger partial charge in [-0.25, -0.2) is 0 Å². The van der Waals surface area contributed by atoms with Gasteiger partial charge in [0.25, 0.3) is 17.5 Å². The summed E-state index contributed by atoms with van der Waals surface area (Å²) in [5.41, 5.74) is 2.48. The van der Waals surface area contributed by atoms with Gasteiger partial charge in [0.15, 0.2) is 0 Å². The van der Waals surface area contributed by atoms with Crippen molar-refractivity contribution in [3.05, 3.63) is 110 Å². The molecule has 2 aromatic heterocycles. The predicted octanol–water partition coefficient (Wildman–Crippen LogP) is 5.41. The Labute approximate surface area is 211 Å². The molecule has 9 nitrogen and oxygen atoms in total. The quantitative estimate of drug-likeness (QED) is 0.241. The first-order valence-electron chi connectivity index (χ1n) is 11.0. The van der Waals surface area contributed by atoms with E-state index in [1.165, 1.54) is 35.6 Å². The Kier molecular flexibility index (Phi) is 7.45. The minimum absolute atomic E-state index is 0.0868. The molecule has 0 bridgehead atoms. The normalized spacial score (nSPS) is 10.6. The average Bonchev–Trinajstić information content (AvgIpc) is 3.58. The topological polar surface area (TPSA) is 109 Å². The van der Waals surface area contributed by atoms with Gasteiger partial charge >= 0.3 is 0 Å². The monoisotopic (exact) mass is 504 g/mol. The smallest absolute Gasteiger partial charge is 0.269 e. The summed E-state index contributed by atoms with van der Waals surface area (Å²) in [5, 5.41) is 15.6. The lowest BCUT2D eigenvalue weighted by Crippen LogP contribution is -2.30. The fourth-order valence-electron chi connectivity index (χ4n) is 3.72. The van der Waals surface area contributed by atoms with Crippen LogP contribution in [0.5, 0.6) is 0 Å². The van der Waals surface area contributed by atoms with Crippen molar-refractivity contribution in [3.63, 3.8) is 0 Å². The highest BCUT2D eigenvalue weighted by Crippen LogP contribution is 2.27. The van der Waals surface area contributed by atoms with Crippen LogP contribution in [0.25, 0.3) is 0 Å². The summed E-state index contributed by atoms with van der Waals surface area (Å²) in [6, 6.07) is 18.1. The van der Waals surface area contributed by atoms with Gasteiger partial charge in [-0.3, -0.25) is 19.7 Å². The van der Waals surface area contributed by atoms with E-state index in [1.54, 1.807) is 29.4 Å². The third kappa shape index (κ3) is 5.78. The standard InChI is InChI=1S/C26H24N4O5S/c1-28(2)23-12-9-20(27-25(31)18-7-10-21(11-8-18)30(33)34)15-19(23)16-29(17-22-5-3-13-35-22)26(32)24-6-4-14-36-24/h3-15H,16-17H2,1-2H3,(H,27,31). The zero-order chi connectivity index (χ0) is 25.7. The van der Waals surface area contributed by atoms with Gasteiger partial charge in [-0.05, 0) is 59.5 Å². The van der Waals surface area contributed by atoms with Gasteiger partial charge in [0.05, 0.1) is 22.6 Å². The fourth-order valence-corrected chi connectivity index (χ4v) is 4.41. The first kappa shape index (κ1) is 24.7. The molecule has 1 N–H and O–H groups in total. The van der Waals surface area contributed by atoms with E-state index in [9.17, 15) is 19.7 Å². The lowest BCUT2D eigenvalue weighted by Gasteiger charge is -2.25. The molecule has 4 aromatic rings. The van der Waals surface area contributed by atoms with Gasteiger partial charge in [-0.2, -0.15) is 0 Å². The van der Waals surface area contributed by atoms with Crippen LogP contribution in [0.3, 0.4) is 0 Å². The van der Waals surface area contributed by atoms with Crippen LogP contribution in [0.2, 0.25) is 0 Å². The Hall–Kier alpha value is -4.44. The van der Waals surface area contributed by atoms with Crippen LogP contribution in [-0.4, -0.2) is 35.7 Å². The molecule has 4 rings (SSSR count). The van der Waals surface area contributed by atoms with Crippen LogP contribution in [0, 0.1) is 10.1 Å². The van der Waals surface area contributed by atoms with Crippen molar-refractivity contribution in [1.29, 1.82) is 0 Å². The predicted molar refractivity (Wildman–Crippen MR) is 138 cm³/mol. The molecule has 2 amide bonds. The number of amides is 2. The molecule has 0 atom stereocenters. The van der Waals surface area contributed by atoms with E-state index in [2.05, 4.69) is 5.32 Å². The van der Waals surface area contributed by atoms with Crippen molar-refractivity contribution in [3.8, 4) is 0 Å². The van der Waals surface area contributed by atoms with Crippen LogP contribution in [0.15, 0.2) is 82.8 Å². The molecule has 0 spiro atoms. The van der Waals surface area contributed by atoms with Gasteiger partial charge in [-0.1, -0.05) is 6.07 Å². The summed E-state index contributed by atoms with van der Waals surface area (Å²) in [6.07, 6.45) is 1.57. The number of rotatable bonds is 9. The van der Waals surface area contributed by atoms with Gasteiger partial charge < -0.3 is 19.5 Å². The number of anilines is 2. The van der Waals surface area contributed by atoms with Crippen molar-refractivity contribution in [1.82, 2.24) is 4.90 Å². The summed E-state index contributed by atoms with van der Waals surface area (Å²) < 4.78 is 5.50. The number of furan rings is 1. The van der Waals surface area contributed by atoms with E-state index in [0.717, 1.165) is 11.3 Å². The average molecular weight is 505 g/mol. The number of benzene rings is 2. The van der Waals surface area contributed by atoms with E-state index < -0.39 is 10.8 Å². The molecule has 0 radical (unpaired) electrons. The maximum Gasteiger partial charge on any atom is 0.269 e. The molecule has 0 saturated carbocycles. The Bertz CT molecular complexity index is 1350. The number of nitro benzene ring substituents is 1. The fraction of sp³-hybridized carbons (Fsp3) is 0.154. The number of nitro groups is 1. The number of non-ortho nitro benzene ring substituents is 1. The van der Waals surface area contributed by atoms with E-state index >= 15 is 0 Å². The number of carbonyl (C=O) groups excluding carboxylic acids is 2. The number of hydrogen-bond donors (Lipinski definition) is 1. The molecular formula is C26H24N4O5S. The molecule has 2 aromatic carbocycles. The SMILES string of the molecule is CN(C)c1ccc(NC(=O)c2ccc([N+](=O)[O-])cc2)cc1CN(Cc1ccco1)C(=O)c1cccs1. The van der Waals surface area contributed by atoms with Crippen LogP contribution < -0.4 is 10.2 Å². The summed E-state index contributed by atoms with van der Waals surface area (Å²) in [7, 11) is 3.82. The molecule has 184 valence electrons. The van der Waals surface area contributed by atoms with Gasteiger partial charge in [-0.15, -0.1) is 11.3 Å².